The second kappa shape index (κ2) is 8.27. The van der Waals surface area contributed by atoms with Crippen LogP contribution in [0, 0.1) is 5.92 Å². The third-order valence-corrected chi connectivity index (χ3v) is 6.08. The summed E-state index contributed by atoms with van der Waals surface area (Å²) in [5, 5.41) is 4.49. The zero-order valence-corrected chi connectivity index (χ0v) is 19.8. The number of rotatable bonds is 4. The molecule has 2 heterocycles. The first-order chi connectivity index (χ1) is 15.1. The number of anilines is 1. The normalized spacial score (nSPS) is 16.1. The number of halogens is 1. The maximum absolute atomic E-state index is 13.5. The van der Waals surface area contributed by atoms with Crippen LogP contribution in [0.5, 0.6) is 0 Å². The number of benzene rings is 1. The van der Waals surface area contributed by atoms with E-state index in [1.54, 1.807) is 13.1 Å². The lowest BCUT2D eigenvalue weighted by Crippen LogP contribution is -2.34. The van der Waals surface area contributed by atoms with Gasteiger partial charge in [-0.25, -0.2) is 9.78 Å². The van der Waals surface area contributed by atoms with Gasteiger partial charge in [0.1, 0.15) is 11.3 Å². The molecule has 1 atom stereocenters. The van der Waals surface area contributed by atoms with E-state index in [9.17, 15) is 8.68 Å². The van der Waals surface area contributed by atoms with Crippen molar-refractivity contribution in [2.24, 2.45) is 5.92 Å². The molecule has 0 spiro atoms. The molecule has 3 aromatic rings. The lowest BCUT2D eigenvalue weighted by molar-refractivity contribution is 0.0589. The van der Waals surface area contributed by atoms with Crippen LogP contribution in [0.2, 0.25) is 0 Å². The molecule has 4 rings (SSSR count). The number of nitrogens with zero attached hydrogens (tertiary/aromatic N) is 4. The van der Waals surface area contributed by atoms with Crippen molar-refractivity contribution in [3.8, 4) is 11.5 Å². The standard InChI is InChI=1S/C23H28FN5O2S/c1-7-14-11-15(28(6)22(30)31-23(3,4)5)12-17-19(14)26-21(25-17)20-16-10-13(2)8-9-18(16)29(27-20)32-24/h7,11-13H,1,8-10H2,2-6H3,(H,25,26)/t13-/m0/s1. The number of hydrogen-bond acceptors (Lipinski definition) is 5. The molecule has 0 bridgehead atoms. The fraction of sp³-hybridized carbons (Fsp3) is 0.435. The molecule has 7 nitrogen and oxygen atoms in total. The molecule has 1 aromatic carbocycles. The Labute approximate surface area is 191 Å². The number of imidazole rings is 1. The first-order valence-corrected chi connectivity index (χ1v) is 11.3. The summed E-state index contributed by atoms with van der Waals surface area (Å²) in [6, 6.07) is 3.69. The molecule has 0 saturated carbocycles. The summed E-state index contributed by atoms with van der Waals surface area (Å²) in [6.07, 6.45) is 3.90. The number of carbonyl (C=O) groups is 1. The van der Waals surface area contributed by atoms with Crippen molar-refractivity contribution in [3.05, 3.63) is 35.5 Å². The summed E-state index contributed by atoms with van der Waals surface area (Å²) in [5.74, 6) is 1.09. The molecule has 0 saturated heterocycles. The van der Waals surface area contributed by atoms with Gasteiger partial charge in [0.25, 0.3) is 0 Å². The fourth-order valence-corrected chi connectivity index (χ4v) is 4.43. The molecule has 0 radical (unpaired) electrons. The van der Waals surface area contributed by atoms with Gasteiger partial charge in [0.05, 0.1) is 16.7 Å². The number of nitrogens with one attached hydrogen (secondary N) is 1. The monoisotopic (exact) mass is 457 g/mol. The minimum Gasteiger partial charge on any atom is -0.443 e. The van der Waals surface area contributed by atoms with Gasteiger partial charge in [-0.1, -0.05) is 19.6 Å². The van der Waals surface area contributed by atoms with Crippen molar-refractivity contribution in [1.29, 1.82) is 0 Å². The molecule has 0 unspecified atom stereocenters. The Hall–Kier alpha value is -2.81. The third-order valence-electron chi connectivity index (χ3n) is 5.65. The number of amides is 1. The molecule has 0 fully saturated rings. The number of carbonyl (C=O) groups excluding carboxylic acids is 1. The van der Waals surface area contributed by atoms with E-state index in [1.807, 2.05) is 32.9 Å². The predicted octanol–water partition coefficient (Wildman–Crippen LogP) is 5.95. The Morgan fingerprint density at radius 1 is 1.44 bits per heavy atom. The van der Waals surface area contributed by atoms with Gasteiger partial charge in [0.15, 0.2) is 18.2 Å². The summed E-state index contributed by atoms with van der Waals surface area (Å²) in [5.41, 5.74) is 4.92. The molecule has 1 aliphatic rings. The van der Waals surface area contributed by atoms with Crippen molar-refractivity contribution < 1.29 is 13.4 Å². The smallest absolute Gasteiger partial charge is 0.414 e. The molecule has 1 amide bonds. The Bertz CT molecular complexity index is 1190. The number of H-pyrrole nitrogens is 1. The molecular weight excluding hydrogens is 429 g/mol. The SMILES string of the molecule is C=Cc1cc(N(C)C(=O)OC(C)(C)C)cc2[nH]c(-c3nn(SF)c4c3C[C@@H](C)CC4)nc12. The van der Waals surface area contributed by atoms with E-state index >= 15 is 0 Å². The van der Waals surface area contributed by atoms with Crippen LogP contribution in [-0.4, -0.2) is 37.9 Å². The Morgan fingerprint density at radius 2 is 2.19 bits per heavy atom. The highest BCUT2D eigenvalue weighted by Gasteiger charge is 2.28. The van der Waals surface area contributed by atoms with Crippen molar-refractivity contribution in [2.75, 3.05) is 11.9 Å². The first-order valence-electron chi connectivity index (χ1n) is 10.6. The number of ether oxygens (including phenoxy) is 1. The van der Waals surface area contributed by atoms with Gasteiger partial charge in [-0.2, -0.15) is 9.19 Å². The van der Waals surface area contributed by atoms with Gasteiger partial charge in [-0.3, -0.25) is 4.90 Å². The Balaban J connectivity index is 1.78. The van der Waals surface area contributed by atoms with Crippen LogP contribution in [0.3, 0.4) is 0 Å². The van der Waals surface area contributed by atoms with E-state index in [0.29, 0.717) is 23.1 Å². The minimum atomic E-state index is -0.596. The van der Waals surface area contributed by atoms with Gasteiger partial charge in [-0.15, -0.1) is 3.89 Å². The summed E-state index contributed by atoms with van der Waals surface area (Å²) in [7, 11) is 1.66. The van der Waals surface area contributed by atoms with Crippen LogP contribution in [0.1, 0.15) is 50.9 Å². The van der Waals surface area contributed by atoms with E-state index < -0.39 is 11.7 Å². The van der Waals surface area contributed by atoms with E-state index in [2.05, 4.69) is 23.6 Å². The average Bonchev–Trinajstić information content (AvgIpc) is 3.31. The topological polar surface area (TPSA) is 76.0 Å². The van der Waals surface area contributed by atoms with Crippen LogP contribution in [0.4, 0.5) is 14.4 Å². The highest BCUT2D eigenvalue weighted by atomic mass is 32.2. The minimum absolute atomic E-state index is 0.118. The van der Waals surface area contributed by atoms with E-state index in [4.69, 9.17) is 9.72 Å². The number of aromatic nitrogens is 4. The predicted molar refractivity (Wildman–Crippen MR) is 127 cm³/mol. The van der Waals surface area contributed by atoms with E-state index in [0.717, 1.165) is 47.1 Å². The van der Waals surface area contributed by atoms with Crippen molar-refractivity contribution in [2.45, 2.75) is 52.6 Å². The second-order valence-corrected chi connectivity index (χ2v) is 9.81. The van der Waals surface area contributed by atoms with E-state index in [1.165, 1.54) is 8.99 Å². The van der Waals surface area contributed by atoms with Crippen LogP contribution in [0.15, 0.2) is 18.7 Å². The lowest BCUT2D eigenvalue weighted by atomic mass is 9.88. The first kappa shape index (κ1) is 22.4. The average molecular weight is 458 g/mol. The number of fused-ring (bicyclic) bond motifs is 2. The summed E-state index contributed by atoms with van der Waals surface area (Å²) in [6.45, 7) is 11.6. The molecule has 0 aliphatic heterocycles. The molecule has 2 aromatic heterocycles. The summed E-state index contributed by atoms with van der Waals surface area (Å²) in [4.78, 5) is 22.1. The zero-order chi connectivity index (χ0) is 23.2. The highest BCUT2D eigenvalue weighted by molar-refractivity contribution is 7.92. The lowest BCUT2D eigenvalue weighted by Gasteiger charge is -2.24. The summed E-state index contributed by atoms with van der Waals surface area (Å²) >= 11 is 0.118. The van der Waals surface area contributed by atoms with Gasteiger partial charge in [0.2, 0.25) is 0 Å². The molecule has 9 heteroatoms. The van der Waals surface area contributed by atoms with Crippen molar-refractivity contribution in [3.63, 3.8) is 0 Å². The van der Waals surface area contributed by atoms with Crippen molar-refractivity contribution in [1.82, 2.24) is 19.2 Å². The van der Waals surface area contributed by atoms with Gasteiger partial charge < -0.3 is 9.72 Å². The van der Waals surface area contributed by atoms with Gasteiger partial charge >= 0.3 is 6.09 Å². The van der Waals surface area contributed by atoms with E-state index in [-0.39, 0.29) is 12.3 Å². The number of aromatic amines is 1. The molecule has 1 aliphatic carbocycles. The maximum Gasteiger partial charge on any atom is 0.414 e. The quantitative estimate of drug-likeness (QED) is 0.524. The Kier molecular flexibility index (Phi) is 5.79. The third kappa shape index (κ3) is 4.13. The largest absolute Gasteiger partial charge is 0.443 e. The molecular formula is C23H28FN5O2S. The molecule has 32 heavy (non-hydrogen) atoms. The van der Waals surface area contributed by atoms with Crippen LogP contribution < -0.4 is 4.90 Å². The zero-order valence-electron chi connectivity index (χ0n) is 19.0. The number of hydrogen-bond donors (Lipinski definition) is 1. The molecule has 1 N–H and O–H groups in total. The second-order valence-electron chi connectivity index (χ2n) is 9.32. The van der Waals surface area contributed by atoms with Crippen LogP contribution in [-0.2, 0) is 17.6 Å². The fourth-order valence-electron chi connectivity index (χ4n) is 4.03. The Morgan fingerprint density at radius 3 is 2.84 bits per heavy atom. The highest BCUT2D eigenvalue weighted by Crippen LogP contribution is 2.36. The van der Waals surface area contributed by atoms with Crippen LogP contribution >= 0.6 is 12.3 Å². The molecule has 170 valence electrons. The van der Waals surface area contributed by atoms with Crippen molar-refractivity contribution >= 4 is 41.2 Å². The summed E-state index contributed by atoms with van der Waals surface area (Å²) < 4.78 is 20.4. The maximum atomic E-state index is 13.5. The van der Waals surface area contributed by atoms with Crippen LogP contribution in [0.25, 0.3) is 28.6 Å². The van der Waals surface area contributed by atoms with Gasteiger partial charge in [-0.05, 0) is 58.1 Å². The van der Waals surface area contributed by atoms with Gasteiger partial charge in [0, 0.05) is 23.9 Å².